The highest BCUT2D eigenvalue weighted by Crippen LogP contribution is 2.27. The summed E-state index contributed by atoms with van der Waals surface area (Å²) in [6.07, 6.45) is 3.05. The molecule has 1 aromatic heterocycles. The number of carbonyl (C=O) groups excluding carboxylic acids is 1. The van der Waals surface area contributed by atoms with E-state index in [1.807, 2.05) is 11.9 Å². The van der Waals surface area contributed by atoms with E-state index in [-0.39, 0.29) is 11.9 Å². The Kier molecular flexibility index (Phi) is 4.99. The molecule has 2 atom stereocenters. The van der Waals surface area contributed by atoms with Gasteiger partial charge in [-0.1, -0.05) is 0 Å². The van der Waals surface area contributed by atoms with Crippen molar-refractivity contribution in [2.75, 3.05) is 20.1 Å². The van der Waals surface area contributed by atoms with Gasteiger partial charge in [0.25, 0.3) is 0 Å². The van der Waals surface area contributed by atoms with Crippen molar-refractivity contribution in [3.8, 4) is 0 Å². The van der Waals surface area contributed by atoms with Crippen LogP contribution < -0.4 is 5.32 Å². The summed E-state index contributed by atoms with van der Waals surface area (Å²) in [6.45, 7) is 6.32. The lowest BCUT2D eigenvalue weighted by molar-refractivity contribution is -0.132. The van der Waals surface area contributed by atoms with E-state index in [1.54, 1.807) is 11.3 Å². The number of aryl methyl sites for hydroxylation is 1. The van der Waals surface area contributed by atoms with Crippen molar-refractivity contribution in [3.63, 3.8) is 0 Å². The van der Waals surface area contributed by atoms with Crippen LogP contribution in [0, 0.1) is 12.8 Å². The van der Waals surface area contributed by atoms with E-state index < -0.39 is 0 Å². The number of carbonyl (C=O) groups is 1. The van der Waals surface area contributed by atoms with E-state index in [2.05, 4.69) is 31.3 Å². The van der Waals surface area contributed by atoms with E-state index in [0.29, 0.717) is 12.3 Å². The summed E-state index contributed by atoms with van der Waals surface area (Å²) in [5.74, 6) is 0.785. The highest BCUT2D eigenvalue weighted by Gasteiger charge is 2.23. The topological polar surface area (TPSA) is 32.3 Å². The Morgan fingerprint density at radius 3 is 2.95 bits per heavy atom. The van der Waals surface area contributed by atoms with Crippen molar-refractivity contribution < 1.29 is 4.79 Å². The van der Waals surface area contributed by atoms with Gasteiger partial charge in [0.2, 0.25) is 5.91 Å². The zero-order chi connectivity index (χ0) is 13.8. The molecule has 2 rings (SSSR count). The minimum absolute atomic E-state index is 0.183. The maximum Gasteiger partial charge on any atom is 0.223 e. The highest BCUT2D eigenvalue weighted by atomic mass is 32.1. The summed E-state index contributed by atoms with van der Waals surface area (Å²) in [5, 5.41) is 3.37. The lowest BCUT2D eigenvalue weighted by Crippen LogP contribution is -2.35. The Hall–Kier alpha value is -0.870. The Morgan fingerprint density at radius 1 is 1.58 bits per heavy atom. The van der Waals surface area contributed by atoms with Crippen molar-refractivity contribution in [3.05, 3.63) is 21.9 Å². The smallest absolute Gasteiger partial charge is 0.223 e. The van der Waals surface area contributed by atoms with Gasteiger partial charge in [0.1, 0.15) is 0 Å². The molecular formula is C15H24N2OS. The predicted molar refractivity (Wildman–Crippen MR) is 80.5 cm³/mol. The number of rotatable bonds is 4. The van der Waals surface area contributed by atoms with Crippen molar-refractivity contribution in [1.29, 1.82) is 0 Å². The number of piperidine rings is 1. The van der Waals surface area contributed by atoms with Gasteiger partial charge in [-0.05, 0) is 57.8 Å². The molecule has 1 aliphatic heterocycles. The third-order valence-electron chi connectivity index (χ3n) is 4.01. The average Bonchev–Trinajstić information content (AvgIpc) is 2.85. The first kappa shape index (κ1) is 14.5. The van der Waals surface area contributed by atoms with Crippen LogP contribution in [0.4, 0.5) is 0 Å². The second-order valence-electron chi connectivity index (χ2n) is 5.55. The largest absolute Gasteiger partial charge is 0.338 e. The number of thiophene rings is 1. The summed E-state index contributed by atoms with van der Waals surface area (Å²) < 4.78 is 0. The van der Waals surface area contributed by atoms with Crippen LogP contribution in [0.15, 0.2) is 12.1 Å². The lowest BCUT2D eigenvalue weighted by atomic mass is 9.95. The normalized spacial score (nSPS) is 21.1. The molecular weight excluding hydrogens is 256 g/mol. The van der Waals surface area contributed by atoms with Crippen molar-refractivity contribution in [2.24, 2.45) is 5.92 Å². The molecule has 0 spiro atoms. The average molecular weight is 280 g/mol. The van der Waals surface area contributed by atoms with Crippen molar-refractivity contribution in [2.45, 2.75) is 39.2 Å². The molecule has 1 aliphatic rings. The standard InChI is InChI=1S/C15H24N2OS/c1-11-6-7-14(19-11)12(2)17(3)15(18)9-13-5-4-8-16-10-13/h6-7,12-13,16H,4-5,8-10H2,1-3H3. The molecule has 1 fully saturated rings. The van der Waals surface area contributed by atoms with Gasteiger partial charge < -0.3 is 10.2 Å². The van der Waals surface area contributed by atoms with Crippen LogP contribution in [0.2, 0.25) is 0 Å². The molecule has 0 aliphatic carbocycles. The molecule has 1 aromatic rings. The summed E-state index contributed by atoms with van der Waals surface area (Å²) in [6, 6.07) is 4.44. The molecule has 19 heavy (non-hydrogen) atoms. The molecule has 0 bridgehead atoms. The molecule has 2 unspecified atom stereocenters. The first-order valence-electron chi connectivity index (χ1n) is 7.10. The fourth-order valence-corrected chi connectivity index (χ4v) is 3.55. The minimum atomic E-state index is 0.183. The maximum absolute atomic E-state index is 12.3. The zero-order valence-corrected chi connectivity index (χ0v) is 12.9. The number of nitrogens with one attached hydrogen (secondary N) is 1. The number of hydrogen-bond donors (Lipinski definition) is 1. The fourth-order valence-electron chi connectivity index (χ4n) is 2.57. The van der Waals surface area contributed by atoms with Crippen LogP contribution in [0.3, 0.4) is 0 Å². The fraction of sp³-hybridized carbons (Fsp3) is 0.667. The summed E-state index contributed by atoms with van der Waals surface area (Å²) in [5.41, 5.74) is 0. The van der Waals surface area contributed by atoms with E-state index >= 15 is 0 Å². The Morgan fingerprint density at radius 2 is 2.37 bits per heavy atom. The van der Waals surface area contributed by atoms with Crippen LogP contribution in [0.25, 0.3) is 0 Å². The molecule has 1 N–H and O–H groups in total. The number of hydrogen-bond acceptors (Lipinski definition) is 3. The van der Waals surface area contributed by atoms with Gasteiger partial charge in [-0.25, -0.2) is 0 Å². The van der Waals surface area contributed by atoms with E-state index in [0.717, 1.165) is 13.1 Å². The SMILES string of the molecule is Cc1ccc(C(C)N(C)C(=O)CC2CCCNC2)s1. The summed E-state index contributed by atoms with van der Waals surface area (Å²) >= 11 is 1.78. The highest BCUT2D eigenvalue weighted by molar-refractivity contribution is 7.12. The maximum atomic E-state index is 12.3. The summed E-state index contributed by atoms with van der Waals surface area (Å²) in [7, 11) is 1.93. The van der Waals surface area contributed by atoms with Crippen LogP contribution in [-0.2, 0) is 4.79 Å². The number of nitrogens with zero attached hydrogens (tertiary/aromatic N) is 1. The van der Waals surface area contributed by atoms with E-state index in [9.17, 15) is 4.79 Å². The Bertz CT molecular complexity index is 424. The molecule has 106 valence electrons. The molecule has 2 heterocycles. The van der Waals surface area contributed by atoms with E-state index in [4.69, 9.17) is 0 Å². The molecule has 3 nitrogen and oxygen atoms in total. The van der Waals surface area contributed by atoms with Crippen LogP contribution >= 0.6 is 11.3 Å². The van der Waals surface area contributed by atoms with Gasteiger partial charge in [0.05, 0.1) is 6.04 Å². The molecule has 0 saturated carbocycles. The monoisotopic (exact) mass is 280 g/mol. The second kappa shape index (κ2) is 6.53. The van der Waals surface area contributed by atoms with Crippen LogP contribution in [0.1, 0.15) is 42.0 Å². The van der Waals surface area contributed by atoms with Gasteiger partial charge >= 0.3 is 0 Å². The Balaban J connectivity index is 1.90. The van der Waals surface area contributed by atoms with Gasteiger partial charge in [-0.3, -0.25) is 4.79 Å². The second-order valence-corrected chi connectivity index (χ2v) is 6.87. The molecule has 0 aromatic carbocycles. The molecule has 1 amide bonds. The molecule has 0 radical (unpaired) electrons. The van der Waals surface area contributed by atoms with Crippen molar-refractivity contribution in [1.82, 2.24) is 10.2 Å². The van der Waals surface area contributed by atoms with Crippen LogP contribution in [-0.4, -0.2) is 30.9 Å². The van der Waals surface area contributed by atoms with Crippen molar-refractivity contribution >= 4 is 17.2 Å². The zero-order valence-electron chi connectivity index (χ0n) is 12.1. The third kappa shape index (κ3) is 3.80. The van der Waals surface area contributed by atoms with Gasteiger partial charge in [0, 0.05) is 23.2 Å². The third-order valence-corrected chi connectivity index (χ3v) is 5.18. The lowest BCUT2D eigenvalue weighted by Gasteiger charge is -2.28. The number of amides is 1. The molecule has 4 heteroatoms. The van der Waals surface area contributed by atoms with Gasteiger partial charge in [-0.2, -0.15) is 0 Å². The first-order chi connectivity index (χ1) is 9.08. The summed E-state index contributed by atoms with van der Waals surface area (Å²) in [4.78, 5) is 16.8. The Labute approximate surface area is 120 Å². The van der Waals surface area contributed by atoms with Gasteiger partial charge in [0.15, 0.2) is 0 Å². The van der Waals surface area contributed by atoms with Crippen LogP contribution in [0.5, 0.6) is 0 Å². The first-order valence-corrected chi connectivity index (χ1v) is 7.92. The van der Waals surface area contributed by atoms with E-state index in [1.165, 1.54) is 22.6 Å². The molecule has 1 saturated heterocycles. The van der Waals surface area contributed by atoms with Gasteiger partial charge in [-0.15, -0.1) is 11.3 Å². The minimum Gasteiger partial charge on any atom is -0.338 e. The quantitative estimate of drug-likeness (QED) is 0.919. The predicted octanol–water partition coefficient (Wildman–Crippen LogP) is 2.97.